The highest BCUT2D eigenvalue weighted by molar-refractivity contribution is 5.78. The van der Waals surface area contributed by atoms with E-state index in [4.69, 9.17) is 4.74 Å². The smallest absolute Gasteiger partial charge is 0.224 e. The van der Waals surface area contributed by atoms with Gasteiger partial charge in [0.15, 0.2) is 0 Å². The normalized spacial score (nSPS) is 10.3. The van der Waals surface area contributed by atoms with Gasteiger partial charge in [-0.3, -0.25) is 4.79 Å². The van der Waals surface area contributed by atoms with Gasteiger partial charge in [0.2, 0.25) is 5.91 Å². The number of nitrogens with one attached hydrogen (secondary N) is 2. The molecule has 0 radical (unpaired) electrons. The van der Waals surface area contributed by atoms with E-state index in [-0.39, 0.29) is 5.91 Å². The summed E-state index contributed by atoms with van der Waals surface area (Å²) in [6.07, 6.45) is 5.66. The fourth-order valence-corrected chi connectivity index (χ4v) is 2.04. The minimum absolute atomic E-state index is 0.0404. The summed E-state index contributed by atoms with van der Waals surface area (Å²) >= 11 is 0. The van der Waals surface area contributed by atoms with Crippen LogP contribution in [-0.4, -0.2) is 29.0 Å². The molecule has 0 aliphatic heterocycles. The number of rotatable bonds is 8. The molecule has 112 valence electrons. The van der Waals surface area contributed by atoms with Crippen molar-refractivity contribution in [2.75, 3.05) is 13.2 Å². The van der Waals surface area contributed by atoms with E-state index in [9.17, 15) is 4.79 Å². The van der Waals surface area contributed by atoms with Crippen LogP contribution in [0.2, 0.25) is 0 Å². The van der Waals surface area contributed by atoms with Crippen LogP contribution in [0.4, 0.5) is 0 Å². The topological polar surface area (TPSA) is 67.0 Å². The van der Waals surface area contributed by atoms with E-state index in [1.165, 1.54) is 0 Å². The van der Waals surface area contributed by atoms with Gasteiger partial charge in [-0.05, 0) is 31.0 Å². The molecule has 1 amide bonds. The van der Waals surface area contributed by atoms with Gasteiger partial charge in [-0.15, -0.1) is 0 Å². The Morgan fingerprint density at radius 1 is 1.33 bits per heavy atom. The van der Waals surface area contributed by atoms with E-state index in [0.717, 1.165) is 30.0 Å². The number of aromatic amines is 1. The molecular formula is C16H21N3O2. The standard InChI is InChI=1S/C16H21N3O2/c1-2-21-14-7-5-13(6-8-14)12-16(20)19-9-3-4-15-17-10-11-18-15/h5-8,10-11H,2-4,9,12H2,1H3,(H,17,18)(H,19,20). The molecule has 1 aromatic carbocycles. The molecule has 0 unspecified atom stereocenters. The zero-order chi connectivity index (χ0) is 14.9. The van der Waals surface area contributed by atoms with E-state index in [1.54, 1.807) is 12.4 Å². The van der Waals surface area contributed by atoms with E-state index < -0.39 is 0 Å². The third kappa shape index (κ3) is 5.30. The number of carbonyl (C=O) groups excluding carboxylic acids is 1. The Labute approximate surface area is 124 Å². The number of hydrogen-bond acceptors (Lipinski definition) is 3. The third-order valence-corrected chi connectivity index (χ3v) is 3.07. The average molecular weight is 287 g/mol. The molecule has 1 aromatic heterocycles. The molecule has 2 rings (SSSR count). The van der Waals surface area contributed by atoms with Crippen molar-refractivity contribution in [3.63, 3.8) is 0 Å². The predicted molar refractivity (Wildman–Crippen MR) is 81.2 cm³/mol. The Balaban J connectivity index is 1.66. The van der Waals surface area contributed by atoms with Crippen molar-refractivity contribution in [1.29, 1.82) is 0 Å². The molecule has 2 N–H and O–H groups in total. The lowest BCUT2D eigenvalue weighted by molar-refractivity contribution is -0.120. The minimum Gasteiger partial charge on any atom is -0.494 e. The highest BCUT2D eigenvalue weighted by atomic mass is 16.5. The van der Waals surface area contributed by atoms with Gasteiger partial charge in [0.1, 0.15) is 11.6 Å². The number of nitrogens with zero attached hydrogens (tertiary/aromatic N) is 1. The lowest BCUT2D eigenvalue weighted by atomic mass is 10.1. The zero-order valence-corrected chi connectivity index (χ0v) is 12.3. The molecule has 5 heteroatoms. The maximum atomic E-state index is 11.8. The summed E-state index contributed by atoms with van der Waals surface area (Å²) in [6, 6.07) is 7.63. The fourth-order valence-electron chi connectivity index (χ4n) is 2.04. The van der Waals surface area contributed by atoms with E-state index >= 15 is 0 Å². The molecule has 1 heterocycles. The van der Waals surface area contributed by atoms with Gasteiger partial charge >= 0.3 is 0 Å². The monoisotopic (exact) mass is 287 g/mol. The number of amides is 1. The lowest BCUT2D eigenvalue weighted by Gasteiger charge is -2.06. The largest absolute Gasteiger partial charge is 0.494 e. The van der Waals surface area contributed by atoms with Crippen molar-refractivity contribution in [1.82, 2.24) is 15.3 Å². The molecular weight excluding hydrogens is 266 g/mol. The Morgan fingerprint density at radius 3 is 2.81 bits per heavy atom. The molecule has 0 spiro atoms. The van der Waals surface area contributed by atoms with Crippen molar-refractivity contribution >= 4 is 5.91 Å². The Kier molecular flexibility index (Phi) is 5.82. The second-order valence-corrected chi connectivity index (χ2v) is 4.74. The number of H-pyrrole nitrogens is 1. The minimum atomic E-state index is 0.0404. The van der Waals surface area contributed by atoms with Crippen molar-refractivity contribution in [3.05, 3.63) is 48.0 Å². The van der Waals surface area contributed by atoms with Crippen molar-refractivity contribution in [2.24, 2.45) is 0 Å². The molecule has 0 aliphatic rings. The number of aromatic nitrogens is 2. The number of ether oxygens (including phenoxy) is 1. The average Bonchev–Trinajstić information content (AvgIpc) is 2.99. The summed E-state index contributed by atoms with van der Waals surface area (Å²) in [6.45, 7) is 3.26. The molecule has 0 saturated heterocycles. The molecule has 0 saturated carbocycles. The highest BCUT2D eigenvalue weighted by Gasteiger charge is 2.03. The van der Waals surface area contributed by atoms with Crippen molar-refractivity contribution in [2.45, 2.75) is 26.2 Å². The molecule has 0 aliphatic carbocycles. The molecule has 2 aromatic rings. The number of aryl methyl sites for hydroxylation is 1. The van der Waals surface area contributed by atoms with Gasteiger partial charge in [0.25, 0.3) is 0 Å². The molecule has 0 bridgehead atoms. The fraction of sp³-hybridized carbons (Fsp3) is 0.375. The summed E-state index contributed by atoms with van der Waals surface area (Å²) in [5.41, 5.74) is 0.988. The third-order valence-electron chi connectivity index (χ3n) is 3.07. The highest BCUT2D eigenvalue weighted by Crippen LogP contribution is 2.12. The summed E-state index contributed by atoms with van der Waals surface area (Å²) in [4.78, 5) is 19.0. The Hall–Kier alpha value is -2.30. The van der Waals surface area contributed by atoms with E-state index in [0.29, 0.717) is 19.6 Å². The maximum Gasteiger partial charge on any atom is 0.224 e. The number of imidazole rings is 1. The first-order chi connectivity index (χ1) is 10.3. The van der Waals surface area contributed by atoms with Crippen LogP contribution in [0.3, 0.4) is 0 Å². The van der Waals surface area contributed by atoms with E-state index in [1.807, 2.05) is 31.2 Å². The summed E-state index contributed by atoms with van der Waals surface area (Å²) < 4.78 is 5.37. The second-order valence-electron chi connectivity index (χ2n) is 4.74. The Morgan fingerprint density at radius 2 is 2.14 bits per heavy atom. The summed E-state index contributed by atoms with van der Waals surface area (Å²) in [5, 5.41) is 2.92. The molecule has 21 heavy (non-hydrogen) atoms. The summed E-state index contributed by atoms with van der Waals surface area (Å²) in [7, 11) is 0. The summed E-state index contributed by atoms with van der Waals surface area (Å²) in [5.74, 6) is 1.83. The van der Waals surface area contributed by atoms with Crippen LogP contribution >= 0.6 is 0 Å². The van der Waals surface area contributed by atoms with Crippen LogP contribution < -0.4 is 10.1 Å². The van der Waals surface area contributed by atoms with Crippen molar-refractivity contribution in [3.8, 4) is 5.75 Å². The lowest BCUT2D eigenvalue weighted by Crippen LogP contribution is -2.26. The van der Waals surface area contributed by atoms with Gasteiger partial charge in [-0.1, -0.05) is 12.1 Å². The van der Waals surface area contributed by atoms with Crippen LogP contribution in [0.25, 0.3) is 0 Å². The number of benzene rings is 1. The Bertz CT molecular complexity index is 535. The molecule has 0 atom stereocenters. The first kappa shape index (κ1) is 15.1. The van der Waals surface area contributed by atoms with Gasteiger partial charge < -0.3 is 15.0 Å². The van der Waals surface area contributed by atoms with Crippen LogP contribution in [0.15, 0.2) is 36.7 Å². The zero-order valence-electron chi connectivity index (χ0n) is 12.3. The van der Waals surface area contributed by atoms with Gasteiger partial charge in [0.05, 0.1) is 13.0 Å². The van der Waals surface area contributed by atoms with Crippen LogP contribution in [-0.2, 0) is 17.6 Å². The van der Waals surface area contributed by atoms with Gasteiger partial charge in [0, 0.05) is 25.4 Å². The second kappa shape index (κ2) is 8.09. The number of hydrogen-bond donors (Lipinski definition) is 2. The van der Waals surface area contributed by atoms with Crippen LogP contribution in [0, 0.1) is 0 Å². The van der Waals surface area contributed by atoms with Gasteiger partial charge in [-0.2, -0.15) is 0 Å². The quantitative estimate of drug-likeness (QED) is 0.731. The van der Waals surface area contributed by atoms with Crippen LogP contribution in [0.5, 0.6) is 5.75 Å². The maximum absolute atomic E-state index is 11.8. The first-order valence-corrected chi connectivity index (χ1v) is 7.24. The van der Waals surface area contributed by atoms with Gasteiger partial charge in [-0.25, -0.2) is 4.98 Å². The molecule has 0 fully saturated rings. The predicted octanol–water partition coefficient (Wildman–Crippen LogP) is 2.10. The van der Waals surface area contributed by atoms with E-state index in [2.05, 4.69) is 15.3 Å². The SMILES string of the molecule is CCOc1ccc(CC(=O)NCCCc2ncc[nH]2)cc1. The van der Waals surface area contributed by atoms with Crippen LogP contribution in [0.1, 0.15) is 24.7 Å². The number of carbonyl (C=O) groups is 1. The first-order valence-electron chi connectivity index (χ1n) is 7.24. The molecule has 5 nitrogen and oxygen atoms in total. The van der Waals surface area contributed by atoms with Crippen molar-refractivity contribution < 1.29 is 9.53 Å².